The van der Waals surface area contributed by atoms with Gasteiger partial charge in [-0.3, -0.25) is 9.59 Å². The number of aromatic nitrogens is 1. The monoisotopic (exact) mass is 404 g/mol. The van der Waals surface area contributed by atoms with Crippen molar-refractivity contribution in [2.45, 2.75) is 25.9 Å². The molecule has 0 aliphatic rings. The summed E-state index contributed by atoms with van der Waals surface area (Å²) in [5.74, 6) is 0.183. The number of amides is 1. The minimum atomic E-state index is -0.539. The molecule has 1 N–H and O–H groups in total. The summed E-state index contributed by atoms with van der Waals surface area (Å²) in [6.45, 7) is 2.49. The van der Waals surface area contributed by atoms with E-state index < -0.39 is 12.1 Å². The van der Waals surface area contributed by atoms with E-state index in [2.05, 4.69) is 10.3 Å². The summed E-state index contributed by atoms with van der Waals surface area (Å²) in [6, 6.07) is 5.54. The van der Waals surface area contributed by atoms with Crippen molar-refractivity contribution in [3.63, 3.8) is 0 Å². The molecule has 0 aliphatic heterocycles. The molecule has 0 radical (unpaired) electrons. The number of nitrogens with zero attached hydrogens (tertiary/aromatic N) is 1. The van der Waals surface area contributed by atoms with Gasteiger partial charge in [0.05, 0.1) is 35.0 Å². The minimum Gasteiger partial charge on any atom is -0.494 e. The van der Waals surface area contributed by atoms with Gasteiger partial charge in [0.1, 0.15) is 11.9 Å². The maximum atomic E-state index is 12.0. The third-order valence-electron chi connectivity index (χ3n) is 3.12. The Hall–Kier alpha value is -1.57. The van der Waals surface area contributed by atoms with Crippen molar-refractivity contribution in [2.75, 3.05) is 23.7 Å². The molecular formula is C16H18Cl2N2O4S. The molecule has 0 unspecified atom stereocenters. The van der Waals surface area contributed by atoms with E-state index in [0.29, 0.717) is 11.7 Å². The number of fused-ring (bicyclic) bond motifs is 1. The Morgan fingerprint density at radius 2 is 2.04 bits per heavy atom. The molecule has 0 spiro atoms. The number of halogens is 2. The van der Waals surface area contributed by atoms with Crippen LogP contribution in [0.1, 0.15) is 19.8 Å². The van der Waals surface area contributed by atoms with Gasteiger partial charge in [0.25, 0.3) is 0 Å². The first-order valence-corrected chi connectivity index (χ1v) is 9.59. The quantitative estimate of drug-likeness (QED) is 0.507. The Bertz CT molecular complexity index is 734. The first kappa shape index (κ1) is 19.8. The van der Waals surface area contributed by atoms with Crippen molar-refractivity contribution < 1.29 is 19.1 Å². The Morgan fingerprint density at radius 1 is 1.28 bits per heavy atom. The fraction of sp³-hybridized carbons (Fsp3) is 0.438. The predicted octanol–water partition coefficient (Wildman–Crippen LogP) is 3.80. The van der Waals surface area contributed by atoms with Crippen LogP contribution in [-0.4, -0.2) is 41.3 Å². The number of anilines is 1. The van der Waals surface area contributed by atoms with Crippen molar-refractivity contribution in [3.05, 3.63) is 18.2 Å². The van der Waals surface area contributed by atoms with Crippen LogP contribution in [0.15, 0.2) is 18.2 Å². The van der Waals surface area contributed by atoms with Gasteiger partial charge in [-0.1, -0.05) is 11.3 Å². The maximum absolute atomic E-state index is 12.0. The number of ether oxygens (including phenoxy) is 2. The largest absolute Gasteiger partial charge is 0.494 e. The number of rotatable bonds is 9. The molecule has 2 rings (SSSR count). The second kappa shape index (κ2) is 9.79. The normalized spacial score (nSPS) is 10.9. The predicted molar refractivity (Wildman–Crippen MR) is 100.0 cm³/mol. The Labute approximate surface area is 159 Å². The number of hydrogen-bond acceptors (Lipinski definition) is 6. The molecule has 0 atom stereocenters. The van der Waals surface area contributed by atoms with Gasteiger partial charge < -0.3 is 14.8 Å². The third-order valence-corrected chi connectivity index (χ3v) is 4.74. The molecule has 0 bridgehead atoms. The van der Waals surface area contributed by atoms with Crippen molar-refractivity contribution >= 4 is 61.8 Å². The lowest BCUT2D eigenvalue weighted by Gasteiger charge is -2.11. The Balaban J connectivity index is 1.87. The van der Waals surface area contributed by atoms with Crippen LogP contribution in [0.4, 0.5) is 5.13 Å². The van der Waals surface area contributed by atoms with Crippen LogP contribution in [0.3, 0.4) is 0 Å². The topological polar surface area (TPSA) is 77.5 Å². The molecule has 1 heterocycles. The van der Waals surface area contributed by atoms with Crippen molar-refractivity contribution in [1.29, 1.82) is 0 Å². The number of nitrogens with one attached hydrogen (secondary N) is 1. The summed E-state index contributed by atoms with van der Waals surface area (Å²) in [5.41, 5.74) is 0.773. The van der Waals surface area contributed by atoms with Crippen LogP contribution >= 0.6 is 34.5 Å². The Kier molecular flexibility index (Phi) is 7.74. The molecule has 2 aromatic rings. The summed E-state index contributed by atoms with van der Waals surface area (Å²) in [6.07, 6.45) is -0.589. The summed E-state index contributed by atoms with van der Waals surface area (Å²) < 4.78 is 11.4. The average Bonchev–Trinajstić information content (AvgIpc) is 2.99. The van der Waals surface area contributed by atoms with Gasteiger partial charge in [-0.25, -0.2) is 4.98 Å². The highest BCUT2D eigenvalue weighted by atomic mass is 35.5. The van der Waals surface area contributed by atoms with E-state index in [0.717, 1.165) is 16.0 Å². The first-order valence-electron chi connectivity index (χ1n) is 7.70. The summed E-state index contributed by atoms with van der Waals surface area (Å²) in [4.78, 5) is 27.9. The highest BCUT2D eigenvalue weighted by Crippen LogP contribution is 2.29. The van der Waals surface area contributed by atoms with E-state index in [1.807, 2.05) is 25.1 Å². The van der Waals surface area contributed by atoms with Gasteiger partial charge in [-0.2, -0.15) is 0 Å². The van der Waals surface area contributed by atoms with Gasteiger partial charge >= 0.3 is 5.97 Å². The van der Waals surface area contributed by atoms with Crippen molar-refractivity contribution in [3.8, 4) is 5.75 Å². The lowest BCUT2D eigenvalue weighted by Crippen LogP contribution is -2.22. The summed E-state index contributed by atoms with van der Waals surface area (Å²) in [7, 11) is 0. The zero-order valence-corrected chi connectivity index (χ0v) is 15.9. The molecule has 9 heteroatoms. The maximum Gasteiger partial charge on any atom is 0.306 e. The fourth-order valence-corrected chi connectivity index (χ4v) is 3.33. The number of hydrogen-bond donors (Lipinski definition) is 1. The molecule has 1 aromatic heterocycles. The van der Waals surface area contributed by atoms with Crippen LogP contribution < -0.4 is 10.1 Å². The Morgan fingerprint density at radius 3 is 2.72 bits per heavy atom. The number of carbonyl (C=O) groups excluding carboxylic acids is 2. The van der Waals surface area contributed by atoms with Crippen molar-refractivity contribution in [1.82, 2.24) is 4.98 Å². The highest BCUT2D eigenvalue weighted by Gasteiger charge is 2.15. The van der Waals surface area contributed by atoms with E-state index in [4.69, 9.17) is 32.7 Å². The summed E-state index contributed by atoms with van der Waals surface area (Å²) in [5, 5.41) is 3.16. The molecule has 6 nitrogen and oxygen atoms in total. The smallest absolute Gasteiger partial charge is 0.306 e. The molecule has 1 aromatic carbocycles. The van der Waals surface area contributed by atoms with Crippen molar-refractivity contribution in [2.24, 2.45) is 0 Å². The van der Waals surface area contributed by atoms with Gasteiger partial charge in [-0.05, 0) is 25.1 Å². The fourth-order valence-electron chi connectivity index (χ4n) is 1.96. The molecule has 0 saturated heterocycles. The molecule has 136 valence electrons. The van der Waals surface area contributed by atoms with Gasteiger partial charge in [-0.15, -0.1) is 23.2 Å². The number of carbonyl (C=O) groups is 2. The zero-order chi connectivity index (χ0) is 18.2. The van der Waals surface area contributed by atoms with Crippen LogP contribution in [0, 0.1) is 0 Å². The number of alkyl halides is 2. The molecule has 0 aliphatic carbocycles. The number of benzene rings is 1. The average molecular weight is 405 g/mol. The number of thiazole rings is 1. The molecule has 25 heavy (non-hydrogen) atoms. The number of esters is 1. The van der Waals surface area contributed by atoms with Gasteiger partial charge in [0, 0.05) is 6.42 Å². The standard InChI is InChI=1S/C16H18Cl2N2O4S/c1-2-23-10-3-4-12-13(7-10)25-16(19-12)20-14(21)5-6-15(22)24-11(8-17)9-18/h3-4,7,11H,2,5-6,8-9H2,1H3,(H,19,20,21). The van der Waals surface area contributed by atoms with Crippen LogP contribution in [0.5, 0.6) is 5.75 Å². The molecule has 1 amide bonds. The lowest BCUT2D eigenvalue weighted by molar-refractivity contribution is -0.148. The second-order valence-corrected chi connectivity index (χ2v) is 6.70. The lowest BCUT2D eigenvalue weighted by atomic mass is 10.3. The first-order chi connectivity index (χ1) is 12.0. The van der Waals surface area contributed by atoms with Gasteiger partial charge in [0.2, 0.25) is 5.91 Å². The third kappa shape index (κ3) is 6.02. The zero-order valence-electron chi connectivity index (χ0n) is 13.6. The van der Waals surface area contributed by atoms with Crippen LogP contribution in [0.2, 0.25) is 0 Å². The molecule has 0 fully saturated rings. The highest BCUT2D eigenvalue weighted by molar-refractivity contribution is 7.22. The molecule has 0 saturated carbocycles. The van der Waals surface area contributed by atoms with E-state index in [9.17, 15) is 9.59 Å². The molecular weight excluding hydrogens is 387 g/mol. The minimum absolute atomic E-state index is 0.00372. The second-order valence-electron chi connectivity index (χ2n) is 5.05. The van der Waals surface area contributed by atoms with Gasteiger partial charge in [0.15, 0.2) is 5.13 Å². The van der Waals surface area contributed by atoms with Crippen LogP contribution in [-0.2, 0) is 14.3 Å². The SMILES string of the molecule is CCOc1ccc2nc(NC(=O)CCC(=O)OC(CCl)CCl)sc2c1. The van der Waals surface area contributed by atoms with E-state index in [-0.39, 0.29) is 30.5 Å². The summed E-state index contributed by atoms with van der Waals surface area (Å²) >= 11 is 12.5. The van der Waals surface area contributed by atoms with E-state index >= 15 is 0 Å². The van der Waals surface area contributed by atoms with E-state index in [1.165, 1.54) is 11.3 Å². The van der Waals surface area contributed by atoms with Crippen LogP contribution in [0.25, 0.3) is 10.2 Å². The van der Waals surface area contributed by atoms with E-state index in [1.54, 1.807) is 0 Å².